The van der Waals surface area contributed by atoms with Crippen LogP contribution in [0.2, 0.25) is 0 Å². The molecule has 116 valence electrons. The number of benzene rings is 1. The van der Waals surface area contributed by atoms with Crippen molar-refractivity contribution < 1.29 is 13.9 Å². The third-order valence-corrected chi connectivity index (χ3v) is 4.43. The van der Waals surface area contributed by atoms with Crippen LogP contribution in [-0.2, 0) is 9.53 Å². The highest BCUT2D eigenvalue weighted by Gasteiger charge is 2.35. The van der Waals surface area contributed by atoms with Crippen LogP contribution in [0.5, 0.6) is 0 Å². The quantitative estimate of drug-likeness (QED) is 0.847. The van der Waals surface area contributed by atoms with E-state index in [1.807, 2.05) is 19.9 Å². The van der Waals surface area contributed by atoms with Crippen molar-refractivity contribution in [3.8, 4) is 0 Å². The number of ether oxygens (including phenoxy) is 1. The summed E-state index contributed by atoms with van der Waals surface area (Å²) >= 11 is 0. The van der Waals surface area contributed by atoms with Crippen LogP contribution in [0.3, 0.4) is 0 Å². The van der Waals surface area contributed by atoms with Gasteiger partial charge in [-0.15, -0.1) is 0 Å². The minimum absolute atomic E-state index is 0.113. The molecule has 2 rings (SSSR count). The Morgan fingerprint density at radius 2 is 2.05 bits per heavy atom. The average Bonchev–Trinajstić information content (AvgIpc) is 2.34. The van der Waals surface area contributed by atoms with Gasteiger partial charge in [0.1, 0.15) is 18.0 Å². The molecule has 0 bridgehead atoms. The number of hydrogen-bond donors (Lipinski definition) is 1. The van der Waals surface area contributed by atoms with Gasteiger partial charge in [-0.3, -0.25) is 4.79 Å². The van der Waals surface area contributed by atoms with Crippen molar-refractivity contribution in [2.45, 2.75) is 58.1 Å². The molecule has 1 aromatic carbocycles. The average molecular weight is 293 g/mol. The van der Waals surface area contributed by atoms with Gasteiger partial charge in [0.25, 0.3) is 0 Å². The third kappa shape index (κ3) is 3.62. The van der Waals surface area contributed by atoms with E-state index in [4.69, 9.17) is 10.5 Å². The normalized spacial score (nSPS) is 19.5. The zero-order valence-corrected chi connectivity index (χ0v) is 12.9. The predicted octanol–water partition coefficient (Wildman–Crippen LogP) is 3.30. The maximum Gasteiger partial charge on any atom is 0.322 e. The van der Waals surface area contributed by atoms with Gasteiger partial charge in [-0.1, -0.05) is 12.5 Å². The molecule has 1 aliphatic rings. The number of aryl methyl sites for hydroxylation is 1. The standard InChI is InChI=1S/C17H24FNO2/c1-10-9-14(18)7-8-15(10)16(13-5-4-6-13)12(3)21-17(20)11(2)19/h7-9,11-13,16H,4-6,19H2,1-3H3/t11-,12-,16+/m0/s1. The lowest BCUT2D eigenvalue weighted by molar-refractivity contribution is -0.151. The van der Waals surface area contributed by atoms with Crippen molar-refractivity contribution in [3.63, 3.8) is 0 Å². The smallest absolute Gasteiger partial charge is 0.322 e. The van der Waals surface area contributed by atoms with E-state index in [2.05, 4.69) is 0 Å². The van der Waals surface area contributed by atoms with E-state index in [-0.39, 0.29) is 23.8 Å². The highest BCUT2D eigenvalue weighted by molar-refractivity contribution is 5.75. The van der Waals surface area contributed by atoms with Crippen LogP contribution in [-0.4, -0.2) is 18.1 Å². The zero-order chi connectivity index (χ0) is 15.6. The first-order valence-electron chi connectivity index (χ1n) is 7.62. The highest BCUT2D eigenvalue weighted by Crippen LogP contribution is 2.43. The molecule has 0 unspecified atom stereocenters. The van der Waals surface area contributed by atoms with Gasteiger partial charge < -0.3 is 10.5 Å². The molecule has 21 heavy (non-hydrogen) atoms. The number of carbonyl (C=O) groups is 1. The lowest BCUT2D eigenvalue weighted by Gasteiger charge is -2.38. The van der Waals surface area contributed by atoms with Crippen LogP contribution in [0.15, 0.2) is 18.2 Å². The second-order valence-corrected chi connectivity index (χ2v) is 6.15. The van der Waals surface area contributed by atoms with Crippen LogP contribution in [0, 0.1) is 18.7 Å². The maximum absolute atomic E-state index is 13.3. The molecule has 1 aliphatic carbocycles. The Hall–Kier alpha value is -1.42. The first-order valence-corrected chi connectivity index (χ1v) is 7.62. The van der Waals surface area contributed by atoms with Crippen molar-refractivity contribution >= 4 is 5.97 Å². The molecule has 3 atom stereocenters. The molecule has 1 saturated carbocycles. The van der Waals surface area contributed by atoms with E-state index in [1.54, 1.807) is 13.0 Å². The minimum atomic E-state index is -0.621. The fourth-order valence-electron chi connectivity index (χ4n) is 3.07. The molecular weight excluding hydrogens is 269 g/mol. The van der Waals surface area contributed by atoms with Gasteiger partial charge in [-0.25, -0.2) is 4.39 Å². The largest absolute Gasteiger partial charge is 0.461 e. The molecule has 0 heterocycles. The van der Waals surface area contributed by atoms with Gasteiger partial charge >= 0.3 is 5.97 Å². The fraction of sp³-hybridized carbons (Fsp3) is 0.588. The Labute approximate surface area is 125 Å². The van der Waals surface area contributed by atoms with Crippen LogP contribution in [0.1, 0.15) is 50.2 Å². The van der Waals surface area contributed by atoms with Crippen molar-refractivity contribution in [2.24, 2.45) is 11.7 Å². The summed E-state index contributed by atoms with van der Waals surface area (Å²) in [4.78, 5) is 11.7. The maximum atomic E-state index is 13.3. The summed E-state index contributed by atoms with van der Waals surface area (Å²) in [5.74, 6) is -0.0116. The lowest BCUT2D eigenvalue weighted by Crippen LogP contribution is -2.37. The Bertz CT molecular complexity index is 512. The predicted molar refractivity (Wildman–Crippen MR) is 80.4 cm³/mol. The molecule has 0 spiro atoms. The SMILES string of the molecule is Cc1cc(F)ccc1[C@@H](C1CCC1)[C@H](C)OC(=O)[C@H](C)N. The number of hydrogen-bond acceptors (Lipinski definition) is 3. The number of halogens is 1. The van der Waals surface area contributed by atoms with Crippen molar-refractivity contribution in [1.82, 2.24) is 0 Å². The topological polar surface area (TPSA) is 52.3 Å². The first kappa shape index (κ1) is 16.0. The van der Waals surface area contributed by atoms with E-state index < -0.39 is 6.04 Å². The van der Waals surface area contributed by atoms with Gasteiger partial charge in [0.15, 0.2) is 0 Å². The third-order valence-electron chi connectivity index (χ3n) is 4.43. The number of nitrogens with two attached hydrogens (primary N) is 1. The Morgan fingerprint density at radius 3 is 2.52 bits per heavy atom. The van der Waals surface area contributed by atoms with Gasteiger partial charge in [0, 0.05) is 5.92 Å². The van der Waals surface area contributed by atoms with Gasteiger partial charge in [0.05, 0.1) is 0 Å². The number of rotatable bonds is 5. The van der Waals surface area contributed by atoms with Crippen LogP contribution >= 0.6 is 0 Å². The van der Waals surface area contributed by atoms with Gasteiger partial charge in [-0.2, -0.15) is 0 Å². The summed E-state index contributed by atoms with van der Waals surface area (Å²) < 4.78 is 18.8. The second-order valence-electron chi connectivity index (χ2n) is 6.15. The Balaban J connectivity index is 2.23. The van der Waals surface area contributed by atoms with E-state index in [0.717, 1.165) is 24.0 Å². The molecule has 3 nitrogen and oxygen atoms in total. The molecular formula is C17H24FNO2. The fourth-order valence-corrected chi connectivity index (χ4v) is 3.07. The van der Waals surface area contributed by atoms with E-state index in [0.29, 0.717) is 5.92 Å². The Kier molecular flexibility index (Phi) is 4.99. The molecule has 1 aromatic rings. The Morgan fingerprint density at radius 1 is 1.38 bits per heavy atom. The second kappa shape index (κ2) is 6.56. The molecule has 2 N–H and O–H groups in total. The lowest BCUT2D eigenvalue weighted by atomic mass is 9.70. The minimum Gasteiger partial charge on any atom is -0.461 e. The molecule has 4 heteroatoms. The van der Waals surface area contributed by atoms with Crippen LogP contribution < -0.4 is 5.73 Å². The summed E-state index contributed by atoms with van der Waals surface area (Å²) in [7, 11) is 0. The van der Waals surface area contributed by atoms with Crippen LogP contribution in [0.25, 0.3) is 0 Å². The molecule has 0 radical (unpaired) electrons. The van der Waals surface area contributed by atoms with E-state index >= 15 is 0 Å². The van der Waals surface area contributed by atoms with Gasteiger partial charge in [-0.05, 0) is 62.8 Å². The summed E-state index contributed by atoms with van der Waals surface area (Å²) in [6, 6.07) is 4.22. The van der Waals surface area contributed by atoms with E-state index in [9.17, 15) is 9.18 Å². The van der Waals surface area contributed by atoms with Crippen molar-refractivity contribution in [1.29, 1.82) is 0 Å². The number of esters is 1. The summed E-state index contributed by atoms with van der Waals surface area (Å²) in [5, 5.41) is 0. The van der Waals surface area contributed by atoms with Crippen LogP contribution in [0.4, 0.5) is 4.39 Å². The van der Waals surface area contributed by atoms with E-state index in [1.165, 1.54) is 12.5 Å². The molecule has 0 amide bonds. The molecule has 0 aromatic heterocycles. The first-order chi connectivity index (χ1) is 9.90. The monoisotopic (exact) mass is 293 g/mol. The highest BCUT2D eigenvalue weighted by atomic mass is 19.1. The van der Waals surface area contributed by atoms with Gasteiger partial charge in [0.2, 0.25) is 0 Å². The summed E-state index contributed by atoms with van der Waals surface area (Å²) in [6.45, 7) is 5.44. The molecule has 0 aliphatic heterocycles. The number of carbonyl (C=O) groups excluding carboxylic acids is 1. The van der Waals surface area contributed by atoms with Crippen molar-refractivity contribution in [2.75, 3.05) is 0 Å². The summed E-state index contributed by atoms with van der Waals surface area (Å²) in [6.07, 6.45) is 3.20. The molecule has 1 fully saturated rings. The van der Waals surface area contributed by atoms with Crippen molar-refractivity contribution in [3.05, 3.63) is 35.1 Å². The molecule has 0 saturated heterocycles. The summed E-state index contributed by atoms with van der Waals surface area (Å²) in [5.41, 5.74) is 7.56. The zero-order valence-electron chi connectivity index (χ0n) is 12.9.